The number of nitrogens with one attached hydrogen (secondary N) is 3. The first-order valence-corrected chi connectivity index (χ1v) is 14.0. The second-order valence-corrected chi connectivity index (χ2v) is 12.1. The van der Waals surface area contributed by atoms with Crippen LogP contribution in [0.25, 0.3) is 11.3 Å². The molecule has 0 saturated heterocycles. The molecule has 3 amide bonds. The minimum absolute atomic E-state index is 0.0123. The van der Waals surface area contributed by atoms with Gasteiger partial charge in [0.1, 0.15) is 5.78 Å². The number of amides is 3. The van der Waals surface area contributed by atoms with Crippen LogP contribution in [0.5, 0.6) is 0 Å². The molecule has 0 radical (unpaired) electrons. The van der Waals surface area contributed by atoms with E-state index in [9.17, 15) is 14.4 Å². The zero-order valence-corrected chi connectivity index (χ0v) is 22.0. The number of rotatable bonds is 6. The van der Waals surface area contributed by atoms with E-state index in [-0.39, 0.29) is 29.4 Å². The van der Waals surface area contributed by atoms with Crippen molar-refractivity contribution in [1.29, 1.82) is 0 Å². The molecule has 39 heavy (non-hydrogen) atoms. The highest BCUT2D eigenvalue weighted by atomic mass is 16.2. The molecule has 4 fully saturated rings. The number of ketones is 1. The van der Waals surface area contributed by atoms with Gasteiger partial charge in [-0.15, -0.1) is 0 Å². The maximum absolute atomic E-state index is 13.9. The number of anilines is 2. The highest BCUT2D eigenvalue weighted by Crippen LogP contribution is 2.59. The summed E-state index contributed by atoms with van der Waals surface area (Å²) in [5.74, 6) is 1.51. The molecule has 4 saturated carbocycles. The standard InChI is InChI=1S/C31H33N5O3/c1-18(37)33-22-6-8-23(9-7-22)34-30(39)35-31-13-19-10-20(14-31)29(21(11-19)15-31)28(38)12-26-24-4-2-3-5-25(24)27-16-32-17-36(26)27/h2-9,16-17,19-21,26,29H,10-15H2,1H3,(H,33,37)(H2,34,35,39). The van der Waals surface area contributed by atoms with Gasteiger partial charge in [0.25, 0.3) is 0 Å². The average Bonchev–Trinajstić information content (AvgIpc) is 3.46. The number of benzene rings is 2. The summed E-state index contributed by atoms with van der Waals surface area (Å²) in [6, 6.07) is 15.3. The van der Waals surface area contributed by atoms with Gasteiger partial charge >= 0.3 is 6.03 Å². The van der Waals surface area contributed by atoms with E-state index in [1.807, 2.05) is 18.6 Å². The van der Waals surface area contributed by atoms with Crippen molar-refractivity contribution in [2.75, 3.05) is 10.6 Å². The van der Waals surface area contributed by atoms with Crippen LogP contribution in [0, 0.1) is 23.7 Å². The molecule has 5 aliphatic rings. The topological polar surface area (TPSA) is 105 Å². The third-order valence-electron chi connectivity index (χ3n) is 9.48. The lowest BCUT2D eigenvalue weighted by Crippen LogP contribution is -2.63. The van der Waals surface area contributed by atoms with E-state index >= 15 is 0 Å². The molecule has 4 bridgehead atoms. The number of urea groups is 1. The third kappa shape index (κ3) is 4.22. The number of aromatic nitrogens is 2. The van der Waals surface area contributed by atoms with Crippen LogP contribution in [-0.2, 0) is 9.59 Å². The zero-order chi connectivity index (χ0) is 26.7. The number of nitrogens with zero attached hydrogens (tertiary/aromatic N) is 2. The molecule has 8 rings (SSSR count). The van der Waals surface area contributed by atoms with E-state index in [1.54, 1.807) is 24.3 Å². The van der Waals surface area contributed by atoms with Crippen LogP contribution in [-0.4, -0.2) is 32.8 Å². The lowest BCUT2D eigenvalue weighted by Gasteiger charge is -2.59. The Morgan fingerprint density at radius 2 is 1.64 bits per heavy atom. The molecule has 8 nitrogen and oxygen atoms in total. The Morgan fingerprint density at radius 3 is 2.36 bits per heavy atom. The summed E-state index contributed by atoms with van der Waals surface area (Å²) in [5, 5.41) is 9.02. The summed E-state index contributed by atoms with van der Waals surface area (Å²) in [4.78, 5) is 42.6. The third-order valence-corrected chi connectivity index (χ3v) is 9.48. The molecule has 2 aromatic carbocycles. The van der Waals surface area contributed by atoms with E-state index in [4.69, 9.17) is 0 Å². The van der Waals surface area contributed by atoms with Crippen molar-refractivity contribution in [3.63, 3.8) is 0 Å². The normalized spacial score (nSPS) is 29.4. The number of fused-ring (bicyclic) bond motifs is 3. The Balaban J connectivity index is 1.03. The van der Waals surface area contributed by atoms with Crippen LogP contribution in [0.3, 0.4) is 0 Å². The van der Waals surface area contributed by atoms with Crippen molar-refractivity contribution in [3.8, 4) is 11.3 Å². The Kier molecular flexibility index (Phi) is 5.61. The monoisotopic (exact) mass is 523 g/mol. The molecule has 0 spiro atoms. The molecule has 1 aliphatic heterocycles. The van der Waals surface area contributed by atoms with Crippen LogP contribution in [0.15, 0.2) is 61.1 Å². The van der Waals surface area contributed by atoms with Crippen LogP contribution in [0.2, 0.25) is 0 Å². The van der Waals surface area contributed by atoms with Crippen molar-refractivity contribution in [1.82, 2.24) is 14.9 Å². The van der Waals surface area contributed by atoms with Gasteiger partial charge in [-0.3, -0.25) is 9.59 Å². The van der Waals surface area contributed by atoms with Gasteiger partial charge in [-0.2, -0.15) is 0 Å². The van der Waals surface area contributed by atoms with Crippen LogP contribution >= 0.6 is 0 Å². The summed E-state index contributed by atoms with van der Waals surface area (Å²) >= 11 is 0. The van der Waals surface area contributed by atoms with Crippen molar-refractivity contribution < 1.29 is 14.4 Å². The Morgan fingerprint density at radius 1 is 0.949 bits per heavy atom. The molecular weight excluding hydrogens is 490 g/mol. The molecule has 3 unspecified atom stereocenters. The number of carbonyl (C=O) groups excluding carboxylic acids is 3. The van der Waals surface area contributed by atoms with E-state index in [0.717, 1.165) is 37.8 Å². The summed E-state index contributed by atoms with van der Waals surface area (Å²) in [6.45, 7) is 1.46. The summed E-state index contributed by atoms with van der Waals surface area (Å²) in [5.41, 5.74) is 4.60. The van der Waals surface area contributed by atoms with Crippen LogP contribution in [0.4, 0.5) is 16.2 Å². The Hall–Kier alpha value is -3.94. The Bertz CT molecular complexity index is 1440. The zero-order valence-electron chi connectivity index (χ0n) is 22.0. The minimum atomic E-state index is -0.245. The van der Waals surface area contributed by atoms with E-state index in [0.29, 0.717) is 41.3 Å². The molecule has 8 heteroatoms. The molecule has 200 valence electrons. The van der Waals surface area contributed by atoms with Gasteiger partial charge in [-0.05, 0) is 79.7 Å². The van der Waals surface area contributed by atoms with E-state index in [2.05, 4.69) is 43.7 Å². The molecule has 2 heterocycles. The quantitative estimate of drug-likeness (QED) is 0.403. The summed E-state index contributed by atoms with van der Waals surface area (Å²) in [7, 11) is 0. The van der Waals surface area contributed by atoms with Crippen LogP contribution in [0.1, 0.15) is 57.1 Å². The molecule has 3 atom stereocenters. The fourth-order valence-electron chi connectivity index (χ4n) is 8.41. The SMILES string of the molecule is CC(=O)Nc1ccc(NC(=O)NC23CC4CC(C2)C(C(=O)CC2c5ccccc5-c5cncn52)C(C4)C3)cc1. The summed E-state index contributed by atoms with van der Waals surface area (Å²) in [6.07, 6.45) is 9.13. The van der Waals surface area contributed by atoms with Crippen molar-refractivity contribution in [2.45, 2.75) is 57.0 Å². The second-order valence-electron chi connectivity index (χ2n) is 12.1. The van der Waals surface area contributed by atoms with Gasteiger partial charge in [0.15, 0.2) is 0 Å². The lowest BCUT2D eigenvalue weighted by molar-refractivity contribution is -0.138. The predicted octanol–water partition coefficient (Wildman–Crippen LogP) is 5.39. The first-order valence-electron chi connectivity index (χ1n) is 14.0. The summed E-state index contributed by atoms with van der Waals surface area (Å²) < 4.78 is 2.16. The first kappa shape index (κ1) is 24.1. The smallest absolute Gasteiger partial charge is 0.319 e. The minimum Gasteiger partial charge on any atom is -0.332 e. The van der Waals surface area contributed by atoms with Crippen molar-refractivity contribution in [2.24, 2.45) is 23.7 Å². The van der Waals surface area contributed by atoms with Crippen LogP contribution < -0.4 is 16.0 Å². The average molecular weight is 524 g/mol. The van der Waals surface area contributed by atoms with Gasteiger partial charge in [0, 0.05) is 41.7 Å². The molecule has 1 aromatic heterocycles. The van der Waals surface area contributed by atoms with Crippen molar-refractivity contribution >= 4 is 29.1 Å². The van der Waals surface area contributed by atoms with Crippen molar-refractivity contribution in [3.05, 3.63) is 66.6 Å². The molecular formula is C31H33N5O3. The van der Waals surface area contributed by atoms with Gasteiger partial charge in [-0.1, -0.05) is 24.3 Å². The van der Waals surface area contributed by atoms with E-state index < -0.39 is 0 Å². The number of carbonyl (C=O) groups is 3. The fourth-order valence-corrected chi connectivity index (χ4v) is 8.41. The molecule has 3 aromatic rings. The van der Waals surface area contributed by atoms with Gasteiger partial charge in [0.2, 0.25) is 5.91 Å². The number of hydrogen-bond acceptors (Lipinski definition) is 4. The fraction of sp³-hybridized carbons (Fsp3) is 0.419. The highest BCUT2D eigenvalue weighted by Gasteiger charge is 2.57. The van der Waals surface area contributed by atoms with Gasteiger partial charge in [-0.25, -0.2) is 9.78 Å². The predicted molar refractivity (Wildman–Crippen MR) is 148 cm³/mol. The second kappa shape index (κ2) is 9.07. The number of Topliss-reactive ketones (excluding diaryl/α,β-unsaturated/α-hetero) is 1. The van der Waals surface area contributed by atoms with E-state index in [1.165, 1.54) is 18.1 Å². The molecule has 3 N–H and O–H groups in total. The maximum Gasteiger partial charge on any atom is 0.319 e. The first-order chi connectivity index (χ1) is 18.9. The van der Waals surface area contributed by atoms with Gasteiger partial charge < -0.3 is 20.5 Å². The molecule has 4 aliphatic carbocycles. The Labute approximate surface area is 227 Å². The lowest BCUT2D eigenvalue weighted by atomic mass is 9.48. The number of imidazole rings is 1. The number of hydrogen-bond donors (Lipinski definition) is 3. The largest absolute Gasteiger partial charge is 0.332 e. The highest BCUT2D eigenvalue weighted by molar-refractivity contribution is 5.92. The van der Waals surface area contributed by atoms with Gasteiger partial charge in [0.05, 0.1) is 24.3 Å². The maximum atomic E-state index is 13.9.